The van der Waals surface area contributed by atoms with Crippen LogP contribution in [0.2, 0.25) is 0 Å². The average Bonchev–Trinajstić information content (AvgIpc) is 3.17. The van der Waals surface area contributed by atoms with Crippen molar-refractivity contribution in [2.24, 2.45) is 0 Å². The van der Waals surface area contributed by atoms with Crippen LogP contribution in [0, 0.1) is 6.92 Å². The van der Waals surface area contributed by atoms with Crippen molar-refractivity contribution in [2.75, 3.05) is 24.5 Å². The molecular formula is C25H28N4O. The first kappa shape index (κ1) is 19.1. The van der Waals surface area contributed by atoms with E-state index in [1.54, 1.807) is 0 Å². The molecule has 3 heterocycles. The summed E-state index contributed by atoms with van der Waals surface area (Å²) in [6, 6.07) is 19.0. The second kappa shape index (κ2) is 8.07. The van der Waals surface area contributed by atoms with Gasteiger partial charge in [-0.1, -0.05) is 54.6 Å². The minimum Gasteiger partial charge on any atom is -0.336 e. The molecule has 0 bridgehead atoms. The summed E-state index contributed by atoms with van der Waals surface area (Å²) in [5, 5.41) is 0. The first-order valence-corrected chi connectivity index (χ1v) is 10.9. The summed E-state index contributed by atoms with van der Waals surface area (Å²) in [6.07, 6.45) is 1.94. The van der Waals surface area contributed by atoms with Gasteiger partial charge in [-0.25, -0.2) is 0 Å². The third-order valence-electron chi connectivity index (χ3n) is 6.48. The van der Waals surface area contributed by atoms with Crippen LogP contribution in [0.15, 0.2) is 59.4 Å². The van der Waals surface area contributed by atoms with Crippen LogP contribution in [0.5, 0.6) is 0 Å². The zero-order valence-corrected chi connectivity index (χ0v) is 17.6. The number of nitrogens with zero attached hydrogens (tertiary/aromatic N) is 4. The van der Waals surface area contributed by atoms with Crippen LogP contribution in [-0.4, -0.2) is 34.1 Å². The molecular weight excluding hydrogens is 372 g/mol. The molecule has 0 saturated heterocycles. The van der Waals surface area contributed by atoms with Gasteiger partial charge in [0.15, 0.2) is 0 Å². The third kappa shape index (κ3) is 3.65. The van der Waals surface area contributed by atoms with E-state index in [0.717, 1.165) is 57.1 Å². The molecule has 0 atom stereocenters. The molecule has 0 N–H and O–H groups in total. The van der Waals surface area contributed by atoms with Crippen LogP contribution in [0.4, 0.5) is 5.95 Å². The fourth-order valence-corrected chi connectivity index (χ4v) is 4.70. The van der Waals surface area contributed by atoms with Gasteiger partial charge >= 0.3 is 0 Å². The number of aromatic nitrogens is 2. The molecule has 0 fully saturated rings. The lowest BCUT2D eigenvalue weighted by atomic mass is 10.1. The van der Waals surface area contributed by atoms with E-state index in [9.17, 15) is 4.79 Å². The van der Waals surface area contributed by atoms with Gasteiger partial charge in [-0.3, -0.25) is 9.69 Å². The zero-order valence-electron chi connectivity index (χ0n) is 17.6. The molecule has 0 unspecified atom stereocenters. The maximum absolute atomic E-state index is 12.9. The topological polar surface area (TPSA) is 41.4 Å². The summed E-state index contributed by atoms with van der Waals surface area (Å²) in [6.45, 7) is 7.47. The highest BCUT2D eigenvalue weighted by atomic mass is 16.1. The molecule has 30 heavy (non-hydrogen) atoms. The van der Waals surface area contributed by atoms with Crippen molar-refractivity contribution in [3.8, 4) is 0 Å². The molecule has 0 spiro atoms. The predicted molar refractivity (Wildman–Crippen MR) is 120 cm³/mol. The molecule has 5 rings (SSSR count). The van der Waals surface area contributed by atoms with Crippen LogP contribution in [-0.2, 0) is 32.5 Å². The van der Waals surface area contributed by atoms with Gasteiger partial charge in [0, 0.05) is 51.4 Å². The summed E-state index contributed by atoms with van der Waals surface area (Å²) >= 11 is 0. The van der Waals surface area contributed by atoms with E-state index < -0.39 is 0 Å². The summed E-state index contributed by atoms with van der Waals surface area (Å²) in [4.78, 5) is 22.1. The highest BCUT2D eigenvalue weighted by Gasteiger charge is 2.29. The fourth-order valence-electron chi connectivity index (χ4n) is 4.70. The van der Waals surface area contributed by atoms with Gasteiger partial charge in [-0.2, -0.15) is 4.98 Å². The molecule has 154 valence electrons. The SMILES string of the molecule is Cc1ccccc1CN1CCn2c1nc(=O)c1c2CCN(CCc2ccccc2)C1. The van der Waals surface area contributed by atoms with Gasteiger partial charge < -0.3 is 9.47 Å². The minimum absolute atomic E-state index is 0.0441. The largest absolute Gasteiger partial charge is 0.336 e. The second-order valence-corrected chi connectivity index (χ2v) is 8.40. The van der Waals surface area contributed by atoms with E-state index in [1.807, 2.05) is 0 Å². The standard InChI is InChI=1S/C25H28N4O/c1-19-7-5-6-10-21(19)17-28-15-16-29-23-12-14-27(13-11-20-8-3-2-4-9-20)18-22(23)24(30)26-25(28)29/h2-10H,11-18H2,1H3. The third-order valence-corrected chi connectivity index (χ3v) is 6.48. The molecule has 0 aliphatic carbocycles. The number of fused-ring (bicyclic) bond motifs is 3. The normalized spacial score (nSPS) is 15.8. The minimum atomic E-state index is -0.0441. The molecule has 2 aliphatic rings. The van der Waals surface area contributed by atoms with Gasteiger partial charge in [0.2, 0.25) is 5.95 Å². The van der Waals surface area contributed by atoms with Gasteiger partial charge in [0.25, 0.3) is 5.56 Å². The smallest absolute Gasteiger partial charge is 0.279 e. The number of benzene rings is 2. The maximum atomic E-state index is 12.9. The predicted octanol–water partition coefficient (Wildman–Crippen LogP) is 3.17. The lowest BCUT2D eigenvalue weighted by Gasteiger charge is -2.30. The molecule has 5 nitrogen and oxygen atoms in total. The van der Waals surface area contributed by atoms with Crippen LogP contribution in [0.1, 0.15) is 27.9 Å². The first-order chi connectivity index (χ1) is 14.7. The van der Waals surface area contributed by atoms with Crippen molar-refractivity contribution in [1.29, 1.82) is 0 Å². The average molecular weight is 401 g/mol. The number of anilines is 1. The zero-order chi connectivity index (χ0) is 20.5. The molecule has 1 aromatic heterocycles. The van der Waals surface area contributed by atoms with Crippen LogP contribution in [0.25, 0.3) is 0 Å². The van der Waals surface area contributed by atoms with Gasteiger partial charge in [-0.15, -0.1) is 0 Å². The van der Waals surface area contributed by atoms with Crippen molar-refractivity contribution in [2.45, 2.75) is 39.4 Å². The molecule has 0 saturated carbocycles. The Balaban J connectivity index is 1.34. The Morgan fingerprint density at radius 3 is 2.60 bits per heavy atom. The number of rotatable bonds is 5. The maximum Gasteiger partial charge on any atom is 0.279 e. The highest BCUT2D eigenvalue weighted by molar-refractivity contribution is 5.42. The van der Waals surface area contributed by atoms with Crippen LogP contribution < -0.4 is 10.5 Å². The van der Waals surface area contributed by atoms with E-state index in [-0.39, 0.29) is 5.56 Å². The summed E-state index contributed by atoms with van der Waals surface area (Å²) in [5.74, 6) is 0.847. The Hall–Kier alpha value is -2.92. The van der Waals surface area contributed by atoms with Crippen molar-refractivity contribution in [3.63, 3.8) is 0 Å². The Morgan fingerprint density at radius 1 is 0.967 bits per heavy atom. The number of hydrogen-bond acceptors (Lipinski definition) is 4. The first-order valence-electron chi connectivity index (χ1n) is 10.9. The quantitative estimate of drug-likeness (QED) is 0.660. The van der Waals surface area contributed by atoms with E-state index in [1.165, 1.54) is 22.4 Å². The lowest BCUT2D eigenvalue weighted by Crippen LogP contribution is -2.38. The molecule has 0 amide bonds. The summed E-state index contributed by atoms with van der Waals surface area (Å²) in [7, 11) is 0. The number of aryl methyl sites for hydroxylation is 1. The van der Waals surface area contributed by atoms with Gasteiger partial charge in [0.1, 0.15) is 0 Å². The molecule has 0 radical (unpaired) electrons. The van der Waals surface area contributed by atoms with E-state index in [0.29, 0.717) is 6.54 Å². The monoisotopic (exact) mass is 400 g/mol. The molecule has 5 heteroatoms. The van der Waals surface area contributed by atoms with E-state index >= 15 is 0 Å². The number of hydrogen-bond donors (Lipinski definition) is 0. The Kier molecular flexibility index (Phi) is 5.13. The highest BCUT2D eigenvalue weighted by Crippen LogP contribution is 2.26. The molecule has 2 aromatic carbocycles. The van der Waals surface area contributed by atoms with Crippen molar-refractivity contribution < 1.29 is 0 Å². The van der Waals surface area contributed by atoms with Crippen molar-refractivity contribution in [3.05, 3.63) is 92.9 Å². The lowest BCUT2D eigenvalue weighted by molar-refractivity contribution is 0.251. The van der Waals surface area contributed by atoms with E-state index in [2.05, 4.69) is 80.9 Å². The summed E-state index contributed by atoms with van der Waals surface area (Å²) < 4.78 is 2.30. The van der Waals surface area contributed by atoms with Crippen LogP contribution >= 0.6 is 0 Å². The Bertz CT molecular complexity index is 1110. The van der Waals surface area contributed by atoms with Crippen LogP contribution in [0.3, 0.4) is 0 Å². The van der Waals surface area contributed by atoms with Crippen molar-refractivity contribution >= 4 is 5.95 Å². The van der Waals surface area contributed by atoms with Gasteiger partial charge in [-0.05, 0) is 30.0 Å². The fraction of sp³-hybridized carbons (Fsp3) is 0.360. The van der Waals surface area contributed by atoms with E-state index in [4.69, 9.17) is 0 Å². The Morgan fingerprint density at radius 2 is 1.77 bits per heavy atom. The molecule has 2 aliphatic heterocycles. The van der Waals surface area contributed by atoms with Gasteiger partial charge in [0.05, 0.1) is 5.56 Å². The molecule has 3 aromatic rings. The Labute approximate surface area is 177 Å². The van der Waals surface area contributed by atoms with Crippen molar-refractivity contribution in [1.82, 2.24) is 14.5 Å². The second-order valence-electron chi connectivity index (χ2n) is 8.40. The summed E-state index contributed by atoms with van der Waals surface area (Å²) in [5.41, 5.74) is 5.98.